The van der Waals surface area contributed by atoms with E-state index in [0.29, 0.717) is 0 Å². The maximum absolute atomic E-state index is 10.9. The standard InChI is InChI=1S/C11H17NO/c1-9(13)7-10-4-6-12-5-2-3-11(12)8-10/h7,11H,2-6,8H2,1H3/b10-7-. The molecule has 0 aromatic heterocycles. The van der Waals surface area contributed by atoms with Crippen molar-refractivity contribution in [1.29, 1.82) is 0 Å². The molecule has 2 rings (SSSR count). The van der Waals surface area contributed by atoms with E-state index in [9.17, 15) is 4.79 Å². The molecule has 0 radical (unpaired) electrons. The lowest BCUT2D eigenvalue weighted by Crippen LogP contribution is -2.35. The number of allylic oxidation sites excluding steroid dienone is 1. The number of piperidine rings is 1. The number of rotatable bonds is 1. The fourth-order valence-electron chi connectivity index (χ4n) is 2.53. The normalized spacial score (nSPS) is 32.1. The molecule has 2 aliphatic rings. The molecule has 2 nitrogen and oxygen atoms in total. The highest BCUT2D eigenvalue weighted by atomic mass is 16.1. The first-order valence-corrected chi connectivity index (χ1v) is 5.20. The van der Waals surface area contributed by atoms with E-state index in [4.69, 9.17) is 0 Å². The quantitative estimate of drug-likeness (QED) is 0.572. The van der Waals surface area contributed by atoms with E-state index >= 15 is 0 Å². The molecule has 0 aromatic carbocycles. The minimum Gasteiger partial charge on any atom is -0.300 e. The fourth-order valence-corrected chi connectivity index (χ4v) is 2.53. The Labute approximate surface area is 79.6 Å². The summed E-state index contributed by atoms with van der Waals surface area (Å²) in [4.78, 5) is 13.5. The van der Waals surface area contributed by atoms with E-state index in [2.05, 4.69) is 4.90 Å². The van der Waals surface area contributed by atoms with Gasteiger partial charge in [-0.3, -0.25) is 9.69 Å². The Kier molecular flexibility index (Phi) is 2.49. The maximum Gasteiger partial charge on any atom is 0.152 e. The van der Waals surface area contributed by atoms with Gasteiger partial charge in [0.05, 0.1) is 0 Å². The SMILES string of the molecule is CC(=O)/C=C1/CCN2CCCC2C1. The molecule has 2 heteroatoms. The summed E-state index contributed by atoms with van der Waals surface area (Å²) in [5.41, 5.74) is 1.37. The van der Waals surface area contributed by atoms with Gasteiger partial charge in [-0.2, -0.15) is 0 Å². The van der Waals surface area contributed by atoms with E-state index in [1.807, 2.05) is 6.08 Å². The van der Waals surface area contributed by atoms with Crippen LogP contribution in [0.15, 0.2) is 11.6 Å². The number of hydrogen-bond acceptors (Lipinski definition) is 2. The first kappa shape index (κ1) is 8.95. The Balaban J connectivity index is 2.00. The van der Waals surface area contributed by atoms with Crippen LogP contribution in [0.3, 0.4) is 0 Å². The van der Waals surface area contributed by atoms with E-state index < -0.39 is 0 Å². The van der Waals surface area contributed by atoms with Crippen molar-refractivity contribution in [3.8, 4) is 0 Å². The van der Waals surface area contributed by atoms with Gasteiger partial charge in [-0.1, -0.05) is 5.57 Å². The molecule has 1 unspecified atom stereocenters. The molecular weight excluding hydrogens is 162 g/mol. The van der Waals surface area contributed by atoms with Crippen LogP contribution in [0.25, 0.3) is 0 Å². The Morgan fingerprint density at radius 1 is 1.54 bits per heavy atom. The Morgan fingerprint density at radius 3 is 3.15 bits per heavy atom. The Morgan fingerprint density at radius 2 is 2.38 bits per heavy atom. The fraction of sp³-hybridized carbons (Fsp3) is 0.727. The lowest BCUT2D eigenvalue weighted by Gasteiger charge is -2.30. The summed E-state index contributed by atoms with van der Waals surface area (Å²) >= 11 is 0. The first-order valence-electron chi connectivity index (χ1n) is 5.20. The van der Waals surface area contributed by atoms with Crippen LogP contribution in [-0.2, 0) is 4.79 Å². The van der Waals surface area contributed by atoms with Gasteiger partial charge in [-0.05, 0) is 45.2 Å². The summed E-state index contributed by atoms with van der Waals surface area (Å²) < 4.78 is 0. The molecule has 0 aliphatic carbocycles. The Hall–Kier alpha value is -0.630. The van der Waals surface area contributed by atoms with Gasteiger partial charge >= 0.3 is 0 Å². The second-order valence-electron chi connectivity index (χ2n) is 4.20. The monoisotopic (exact) mass is 179 g/mol. The molecule has 0 spiro atoms. The smallest absolute Gasteiger partial charge is 0.152 e. The van der Waals surface area contributed by atoms with E-state index in [1.165, 1.54) is 31.5 Å². The average Bonchev–Trinajstić information content (AvgIpc) is 2.49. The van der Waals surface area contributed by atoms with Crippen LogP contribution in [0.5, 0.6) is 0 Å². The van der Waals surface area contributed by atoms with Gasteiger partial charge < -0.3 is 0 Å². The average molecular weight is 179 g/mol. The zero-order chi connectivity index (χ0) is 9.26. The van der Waals surface area contributed by atoms with Gasteiger partial charge in [0.15, 0.2) is 5.78 Å². The molecular formula is C11H17NO. The maximum atomic E-state index is 10.9. The lowest BCUT2D eigenvalue weighted by atomic mass is 9.96. The second kappa shape index (κ2) is 3.62. The zero-order valence-electron chi connectivity index (χ0n) is 8.25. The summed E-state index contributed by atoms with van der Waals surface area (Å²) in [5, 5.41) is 0. The minimum atomic E-state index is 0.210. The van der Waals surface area contributed by atoms with Crippen LogP contribution >= 0.6 is 0 Å². The van der Waals surface area contributed by atoms with Crippen molar-refractivity contribution in [2.75, 3.05) is 13.1 Å². The van der Waals surface area contributed by atoms with Crippen LogP contribution in [0.1, 0.15) is 32.6 Å². The first-order chi connectivity index (χ1) is 6.25. The predicted molar refractivity (Wildman–Crippen MR) is 52.6 cm³/mol. The molecule has 72 valence electrons. The van der Waals surface area contributed by atoms with Crippen molar-refractivity contribution in [2.24, 2.45) is 0 Å². The predicted octanol–water partition coefficient (Wildman–Crippen LogP) is 1.76. The molecule has 0 amide bonds. The molecule has 0 aromatic rings. The highest BCUT2D eigenvalue weighted by molar-refractivity contribution is 5.87. The van der Waals surface area contributed by atoms with E-state index in [1.54, 1.807) is 6.92 Å². The van der Waals surface area contributed by atoms with Crippen molar-refractivity contribution in [3.63, 3.8) is 0 Å². The number of carbonyl (C=O) groups excluding carboxylic acids is 1. The molecule has 2 aliphatic heterocycles. The number of ketones is 1. The summed E-state index contributed by atoms with van der Waals surface area (Å²) in [6.07, 6.45) is 6.76. The van der Waals surface area contributed by atoms with Gasteiger partial charge in [-0.25, -0.2) is 0 Å². The molecule has 2 saturated heterocycles. The lowest BCUT2D eigenvalue weighted by molar-refractivity contribution is -0.112. The van der Waals surface area contributed by atoms with Crippen LogP contribution < -0.4 is 0 Å². The van der Waals surface area contributed by atoms with Crippen molar-refractivity contribution in [3.05, 3.63) is 11.6 Å². The third-order valence-corrected chi connectivity index (χ3v) is 3.12. The molecule has 2 heterocycles. The van der Waals surface area contributed by atoms with Gasteiger partial charge in [0.2, 0.25) is 0 Å². The largest absolute Gasteiger partial charge is 0.300 e. The summed E-state index contributed by atoms with van der Waals surface area (Å²) in [7, 11) is 0. The third kappa shape index (κ3) is 1.99. The summed E-state index contributed by atoms with van der Waals surface area (Å²) in [6.45, 7) is 4.09. The van der Waals surface area contributed by atoms with Gasteiger partial charge in [0, 0.05) is 12.6 Å². The molecule has 0 saturated carbocycles. The van der Waals surface area contributed by atoms with Crippen LogP contribution in [0, 0.1) is 0 Å². The van der Waals surface area contributed by atoms with E-state index in [-0.39, 0.29) is 5.78 Å². The minimum absolute atomic E-state index is 0.210. The van der Waals surface area contributed by atoms with Gasteiger partial charge in [0.25, 0.3) is 0 Å². The molecule has 1 atom stereocenters. The highest BCUT2D eigenvalue weighted by Crippen LogP contribution is 2.29. The van der Waals surface area contributed by atoms with Crippen molar-refractivity contribution in [2.45, 2.75) is 38.6 Å². The summed E-state index contributed by atoms with van der Waals surface area (Å²) in [6, 6.07) is 0.749. The summed E-state index contributed by atoms with van der Waals surface area (Å²) in [5.74, 6) is 0.210. The zero-order valence-corrected chi connectivity index (χ0v) is 8.25. The molecule has 0 N–H and O–H groups in total. The van der Waals surface area contributed by atoms with Crippen LogP contribution in [0.2, 0.25) is 0 Å². The van der Waals surface area contributed by atoms with Gasteiger partial charge in [-0.15, -0.1) is 0 Å². The van der Waals surface area contributed by atoms with Crippen LogP contribution in [-0.4, -0.2) is 29.8 Å². The Bertz CT molecular complexity index is 244. The second-order valence-corrected chi connectivity index (χ2v) is 4.20. The van der Waals surface area contributed by atoms with E-state index in [0.717, 1.165) is 18.9 Å². The van der Waals surface area contributed by atoms with Crippen molar-refractivity contribution < 1.29 is 4.79 Å². The highest BCUT2D eigenvalue weighted by Gasteiger charge is 2.28. The molecule has 0 bridgehead atoms. The van der Waals surface area contributed by atoms with Crippen molar-refractivity contribution in [1.82, 2.24) is 4.90 Å². The van der Waals surface area contributed by atoms with Crippen molar-refractivity contribution >= 4 is 5.78 Å². The van der Waals surface area contributed by atoms with Crippen LogP contribution in [0.4, 0.5) is 0 Å². The number of fused-ring (bicyclic) bond motifs is 1. The number of nitrogens with zero attached hydrogens (tertiary/aromatic N) is 1. The third-order valence-electron chi connectivity index (χ3n) is 3.12. The number of carbonyl (C=O) groups is 1. The molecule has 13 heavy (non-hydrogen) atoms. The van der Waals surface area contributed by atoms with Gasteiger partial charge in [0.1, 0.15) is 0 Å². The molecule has 2 fully saturated rings. The topological polar surface area (TPSA) is 20.3 Å². The number of hydrogen-bond donors (Lipinski definition) is 0.